The number of nitrogens with one attached hydrogen (secondary N) is 1. The normalized spacial score (nSPS) is 14.1. The Hall–Kier alpha value is -0.820. The Morgan fingerprint density at radius 3 is 1.63 bits per heavy atom. The molecular formula is C20H38F3NO3. The molecule has 0 aliphatic rings. The Morgan fingerprint density at radius 2 is 1.26 bits per heavy atom. The Bertz CT molecular complexity index is 365. The van der Waals surface area contributed by atoms with E-state index in [1.54, 1.807) is 5.32 Å². The van der Waals surface area contributed by atoms with Gasteiger partial charge >= 0.3 is 12.1 Å². The standard InChI is InChI=1S/C20H38F3NO3/c1-2-3-4-5-6-7-8-9-10-11-12-13-14-15-18(26)17(16-25)24-19(27)20(21,22)23/h17-18,25-26H,2-16H2,1H3,(H,24,27)/t17-,18+/m0/s1. The lowest BCUT2D eigenvalue weighted by Crippen LogP contribution is -2.50. The van der Waals surface area contributed by atoms with Crippen LogP contribution in [0, 0.1) is 0 Å². The first-order valence-electron chi connectivity index (χ1n) is 10.5. The third kappa shape index (κ3) is 14.9. The number of carbonyl (C=O) groups is 1. The van der Waals surface area contributed by atoms with Crippen LogP contribution in [0.25, 0.3) is 0 Å². The van der Waals surface area contributed by atoms with Crippen LogP contribution in [0.5, 0.6) is 0 Å². The molecule has 4 nitrogen and oxygen atoms in total. The minimum atomic E-state index is -5.01. The zero-order valence-corrected chi connectivity index (χ0v) is 16.7. The van der Waals surface area contributed by atoms with Crippen molar-refractivity contribution < 1.29 is 28.2 Å². The Labute approximate surface area is 161 Å². The number of aliphatic hydroxyl groups is 2. The van der Waals surface area contributed by atoms with Crippen LogP contribution in [0.15, 0.2) is 0 Å². The third-order valence-electron chi connectivity index (χ3n) is 4.84. The first-order valence-corrected chi connectivity index (χ1v) is 10.5. The van der Waals surface area contributed by atoms with E-state index in [4.69, 9.17) is 5.11 Å². The van der Waals surface area contributed by atoms with Crippen molar-refractivity contribution in [1.82, 2.24) is 5.32 Å². The van der Waals surface area contributed by atoms with E-state index in [1.165, 1.54) is 57.8 Å². The van der Waals surface area contributed by atoms with E-state index >= 15 is 0 Å². The molecule has 0 fully saturated rings. The highest BCUT2D eigenvalue weighted by Gasteiger charge is 2.40. The highest BCUT2D eigenvalue weighted by Crippen LogP contribution is 2.16. The zero-order valence-electron chi connectivity index (χ0n) is 16.7. The maximum atomic E-state index is 12.2. The number of amides is 1. The number of halogens is 3. The van der Waals surface area contributed by atoms with E-state index in [2.05, 4.69) is 6.92 Å². The SMILES string of the molecule is CCCCCCCCCCCCCCC[C@@H](O)[C@H](CO)NC(=O)C(F)(F)F. The van der Waals surface area contributed by atoms with Gasteiger partial charge in [-0.1, -0.05) is 90.4 Å². The maximum Gasteiger partial charge on any atom is 0.471 e. The second kappa shape index (κ2) is 16.2. The monoisotopic (exact) mass is 397 g/mol. The summed E-state index contributed by atoms with van der Waals surface area (Å²) in [6.45, 7) is 1.50. The molecule has 0 spiro atoms. The fraction of sp³-hybridized carbons (Fsp3) is 0.950. The van der Waals surface area contributed by atoms with E-state index in [0.29, 0.717) is 6.42 Å². The molecule has 2 atom stereocenters. The lowest BCUT2D eigenvalue weighted by Gasteiger charge is -2.22. The molecule has 0 rings (SSSR count). The predicted molar refractivity (Wildman–Crippen MR) is 101 cm³/mol. The summed E-state index contributed by atoms with van der Waals surface area (Å²) in [5.74, 6) is -2.13. The van der Waals surface area contributed by atoms with Crippen LogP contribution in [-0.4, -0.2) is 41.0 Å². The molecule has 0 unspecified atom stereocenters. The van der Waals surface area contributed by atoms with Crippen LogP contribution < -0.4 is 5.32 Å². The fourth-order valence-electron chi connectivity index (χ4n) is 3.09. The molecule has 0 aliphatic heterocycles. The van der Waals surface area contributed by atoms with Crippen LogP contribution >= 0.6 is 0 Å². The van der Waals surface area contributed by atoms with Crippen molar-refractivity contribution >= 4 is 5.91 Å². The van der Waals surface area contributed by atoms with Crippen molar-refractivity contribution in [3.63, 3.8) is 0 Å². The molecule has 162 valence electrons. The van der Waals surface area contributed by atoms with Gasteiger partial charge in [0, 0.05) is 0 Å². The molecule has 0 aromatic heterocycles. The van der Waals surface area contributed by atoms with Gasteiger partial charge in [-0.15, -0.1) is 0 Å². The second-order valence-electron chi connectivity index (χ2n) is 7.36. The van der Waals surface area contributed by atoms with Crippen molar-refractivity contribution in [2.45, 2.75) is 115 Å². The van der Waals surface area contributed by atoms with Crippen LogP contribution in [0.1, 0.15) is 96.8 Å². The van der Waals surface area contributed by atoms with Crippen LogP contribution in [0.2, 0.25) is 0 Å². The van der Waals surface area contributed by atoms with Gasteiger partial charge in [0.1, 0.15) is 0 Å². The smallest absolute Gasteiger partial charge is 0.394 e. The molecule has 0 saturated carbocycles. The number of alkyl halides is 3. The Balaban J connectivity index is 3.59. The van der Waals surface area contributed by atoms with Crippen LogP contribution in [-0.2, 0) is 4.79 Å². The largest absolute Gasteiger partial charge is 0.471 e. The molecule has 0 radical (unpaired) electrons. The van der Waals surface area contributed by atoms with Gasteiger partial charge < -0.3 is 15.5 Å². The van der Waals surface area contributed by atoms with Gasteiger partial charge in [-0.05, 0) is 6.42 Å². The molecule has 0 aromatic carbocycles. The highest BCUT2D eigenvalue weighted by atomic mass is 19.4. The molecule has 0 saturated heterocycles. The molecule has 27 heavy (non-hydrogen) atoms. The van der Waals surface area contributed by atoms with E-state index in [1.807, 2.05) is 0 Å². The molecule has 1 amide bonds. The van der Waals surface area contributed by atoms with Crippen LogP contribution in [0.3, 0.4) is 0 Å². The van der Waals surface area contributed by atoms with Crippen LogP contribution in [0.4, 0.5) is 13.2 Å². The molecule has 7 heteroatoms. The number of rotatable bonds is 17. The number of unbranched alkanes of at least 4 members (excludes halogenated alkanes) is 12. The first kappa shape index (κ1) is 26.2. The van der Waals surface area contributed by atoms with Gasteiger partial charge in [0.05, 0.1) is 18.8 Å². The minimum Gasteiger partial charge on any atom is -0.394 e. The van der Waals surface area contributed by atoms with Crippen molar-refractivity contribution in [3.8, 4) is 0 Å². The quantitative estimate of drug-likeness (QED) is 0.307. The van der Waals surface area contributed by atoms with Crippen molar-refractivity contribution in [3.05, 3.63) is 0 Å². The Morgan fingerprint density at radius 1 is 0.852 bits per heavy atom. The number of carbonyl (C=O) groups excluding carboxylic acids is 1. The summed E-state index contributed by atoms with van der Waals surface area (Å²) in [7, 11) is 0. The van der Waals surface area contributed by atoms with Crippen molar-refractivity contribution in [2.24, 2.45) is 0 Å². The van der Waals surface area contributed by atoms with Crippen molar-refractivity contribution in [1.29, 1.82) is 0 Å². The van der Waals surface area contributed by atoms with Crippen molar-refractivity contribution in [2.75, 3.05) is 6.61 Å². The fourth-order valence-corrected chi connectivity index (χ4v) is 3.09. The molecule has 0 bridgehead atoms. The molecule has 0 aliphatic carbocycles. The summed E-state index contributed by atoms with van der Waals surface area (Å²) >= 11 is 0. The summed E-state index contributed by atoms with van der Waals surface area (Å²) in [6, 6.07) is -1.28. The van der Waals surface area contributed by atoms with E-state index in [9.17, 15) is 23.1 Å². The van der Waals surface area contributed by atoms with E-state index < -0.39 is 30.8 Å². The summed E-state index contributed by atoms with van der Waals surface area (Å²) in [6.07, 6.45) is 9.44. The maximum absolute atomic E-state index is 12.2. The van der Waals surface area contributed by atoms with Gasteiger partial charge in [0.2, 0.25) is 0 Å². The van der Waals surface area contributed by atoms with Gasteiger partial charge in [-0.2, -0.15) is 13.2 Å². The first-order chi connectivity index (χ1) is 12.8. The predicted octanol–water partition coefficient (Wildman–Crippen LogP) is 4.87. The zero-order chi connectivity index (χ0) is 20.5. The Kier molecular flexibility index (Phi) is 15.7. The molecule has 3 N–H and O–H groups in total. The number of hydrogen-bond acceptors (Lipinski definition) is 3. The lowest BCUT2D eigenvalue weighted by molar-refractivity contribution is -0.175. The number of hydrogen-bond donors (Lipinski definition) is 3. The summed E-state index contributed by atoms with van der Waals surface area (Å²) < 4.78 is 36.6. The van der Waals surface area contributed by atoms with Gasteiger partial charge in [-0.3, -0.25) is 4.79 Å². The summed E-state index contributed by atoms with van der Waals surface area (Å²) in [5.41, 5.74) is 0. The summed E-state index contributed by atoms with van der Waals surface area (Å²) in [5, 5.41) is 20.6. The molecule has 0 heterocycles. The average molecular weight is 398 g/mol. The minimum absolute atomic E-state index is 0.265. The molecule has 0 aromatic rings. The van der Waals surface area contributed by atoms with Gasteiger partial charge in [0.15, 0.2) is 0 Å². The summed E-state index contributed by atoms with van der Waals surface area (Å²) in [4.78, 5) is 10.9. The third-order valence-corrected chi connectivity index (χ3v) is 4.84. The number of aliphatic hydroxyl groups excluding tert-OH is 2. The lowest BCUT2D eigenvalue weighted by atomic mass is 10.0. The highest BCUT2D eigenvalue weighted by molar-refractivity contribution is 5.82. The van der Waals surface area contributed by atoms with Gasteiger partial charge in [-0.25, -0.2) is 0 Å². The topological polar surface area (TPSA) is 69.6 Å². The van der Waals surface area contributed by atoms with E-state index in [-0.39, 0.29) is 6.42 Å². The average Bonchev–Trinajstić information content (AvgIpc) is 2.62. The molecular weight excluding hydrogens is 359 g/mol. The second-order valence-corrected chi connectivity index (χ2v) is 7.36. The van der Waals surface area contributed by atoms with Gasteiger partial charge in [0.25, 0.3) is 0 Å². The van der Waals surface area contributed by atoms with E-state index in [0.717, 1.165) is 19.3 Å².